The molecule has 1 spiro atoms. The van der Waals surface area contributed by atoms with Crippen molar-refractivity contribution < 1.29 is 62.2 Å². The van der Waals surface area contributed by atoms with Crippen molar-refractivity contribution in [3.05, 3.63) is 35.1 Å². The number of piperidine rings is 1. The minimum Gasteiger partial charge on any atom is -0.477 e. The van der Waals surface area contributed by atoms with Crippen molar-refractivity contribution >= 4 is 24.1 Å². The van der Waals surface area contributed by atoms with Gasteiger partial charge in [-0.3, -0.25) is 0 Å². The van der Waals surface area contributed by atoms with E-state index in [0.717, 1.165) is 5.56 Å². The zero-order chi connectivity index (χ0) is 36.8. The first-order valence-corrected chi connectivity index (χ1v) is 16.9. The Bertz CT molecular complexity index is 1640. The first kappa shape index (κ1) is 36.1. The molecule has 3 aliphatic heterocycles. The zero-order valence-electron chi connectivity index (χ0n) is 30.2. The summed E-state index contributed by atoms with van der Waals surface area (Å²) in [4.78, 5) is 54.6. The van der Waals surface area contributed by atoms with Gasteiger partial charge in [0.15, 0.2) is 41.7 Å². The molecule has 0 aromatic heterocycles. The van der Waals surface area contributed by atoms with Gasteiger partial charge in [0.1, 0.15) is 17.0 Å². The molecule has 2 bridgehead atoms. The second-order valence-electron chi connectivity index (χ2n) is 16.2. The molecule has 5 aliphatic rings. The molecular formula is C36H47NO13. The number of rotatable bonds is 6. The molecule has 50 heavy (non-hydrogen) atoms. The Kier molecular flexibility index (Phi) is 8.61. The first-order valence-electron chi connectivity index (χ1n) is 16.9. The van der Waals surface area contributed by atoms with Gasteiger partial charge >= 0.3 is 24.1 Å². The van der Waals surface area contributed by atoms with Gasteiger partial charge in [-0.1, -0.05) is 6.07 Å². The second-order valence-corrected chi connectivity index (χ2v) is 16.2. The molecule has 2 aliphatic carbocycles. The van der Waals surface area contributed by atoms with Gasteiger partial charge in [-0.15, -0.1) is 0 Å². The van der Waals surface area contributed by atoms with Crippen LogP contribution >= 0.6 is 0 Å². The van der Waals surface area contributed by atoms with E-state index in [9.17, 15) is 24.3 Å². The fourth-order valence-corrected chi connectivity index (χ4v) is 7.82. The molecule has 0 radical (unpaired) electrons. The molecular weight excluding hydrogens is 654 g/mol. The maximum atomic E-state index is 13.5. The van der Waals surface area contributed by atoms with Crippen LogP contribution in [0.2, 0.25) is 0 Å². The number of nitrogens with zero attached hydrogens (tertiary/aromatic N) is 1. The second kappa shape index (κ2) is 11.9. The number of ether oxygens (including phenoxy) is 8. The van der Waals surface area contributed by atoms with E-state index in [4.69, 9.17) is 37.9 Å². The van der Waals surface area contributed by atoms with Gasteiger partial charge in [0.2, 0.25) is 0 Å². The number of carbonyl (C=O) groups excluding carboxylic acids is 4. The maximum Gasteiger partial charge on any atom is 0.514 e. The summed E-state index contributed by atoms with van der Waals surface area (Å²) in [5.74, 6) is -3.51. The number of likely N-dealkylation sites (tertiary alicyclic amines) is 1. The Balaban J connectivity index is 1.24. The summed E-state index contributed by atoms with van der Waals surface area (Å²) >= 11 is 0. The Morgan fingerprint density at radius 1 is 0.960 bits per heavy atom. The summed E-state index contributed by atoms with van der Waals surface area (Å²) < 4.78 is 45.7. The van der Waals surface area contributed by atoms with Gasteiger partial charge < -0.3 is 47.9 Å². The molecule has 3 heterocycles. The lowest BCUT2D eigenvalue weighted by atomic mass is 9.50. The van der Waals surface area contributed by atoms with Crippen molar-refractivity contribution in [1.29, 1.82) is 0 Å². The van der Waals surface area contributed by atoms with E-state index < -0.39 is 76.5 Å². The van der Waals surface area contributed by atoms with Crippen LogP contribution in [0.1, 0.15) is 86.3 Å². The Morgan fingerprint density at radius 3 is 2.24 bits per heavy atom. The van der Waals surface area contributed by atoms with Gasteiger partial charge in [-0.2, -0.15) is 0 Å². The van der Waals surface area contributed by atoms with E-state index in [-0.39, 0.29) is 29.7 Å². The van der Waals surface area contributed by atoms with Crippen LogP contribution < -0.4 is 9.47 Å². The zero-order valence-corrected chi connectivity index (χ0v) is 30.2. The summed E-state index contributed by atoms with van der Waals surface area (Å²) in [6.45, 7) is 15.2. The van der Waals surface area contributed by atoms with E-state index in [1.807, 2.05) is 13.1 Å². The van der Waals surface area contributed by atoms with Crippen LogP contribution in [0.25, 0.3) is 0 Å². The Morgan fingerprint density at radius 2 is 1.60 bits per heavy atom. The van der Waals surface area contributed by atoms with Crippen molar-refractivity contribution in [1.82, 2.24) is 4.90 Å². The van der Waals surface area contributed by atoms with E-state index in [0.29, 0.717) is 24.9 Å². The molecule has 1 aromatic carbocycles. The fourth-order valence-electron chi connectivity index (χ4n) is 7.82. The monoisotopic (exact) mass is 701 g/mol. The highest BCUT2D eigenvalue weighted by Gasteiger charge is 2.72. The number of aliphatic hydroxyl groups is 1. The number of carbonyl (C=O) groups is 4. The molecule has 274 valence electrons. The van der Waals surface area contributed by atoms with Crippen molar-refractivity contribution in [2.45, 2.75) is 140 Å². The molecule has 14 nitrogen and oxygen atoms in total. The summed E-state index contributed by atoms with van der Waals surface area (Å²) in [6.07, 6.45) is -3.47. The Hall–Kier alpha value is -3.72. The predicted molar refractivity (Wildman–Crippen MR) is 173 cm³/mol. The minimum absolute atomic E-state index is 0.121. The molecule has 7 atom stereocenters. The normalized spacial score (nSPS) is 31.4. The predicted octanol–water partition coefficient (Wildman–Crippen LogP) is 3.61. The lowest BCUT2D eigenvalue weighted by molar-refractivity contribution is -0.183. The van der Waals surface area contributed by atoms with Gasteiger partial charge in [-0.25, -0.2) is 19.2 Å². The summed E-state index contributed by atoms with van der Waals surface area (Å²) in [5.41, 5.74) is -2.34. The maximum absolute atomic E-state index is 13.5. The van der Waals surface area contributed by atoms with Gasteiger partial charge in [0, 0.05) is 18.0 Å². The standard InChI is InChI=1S/C36H47NO13/c1-18(43-29(39)25-26(48-34(8,9)47-25)30(40)49-32(2,3)4)28(38)44-21-13-14-36(42)22-17-19-11-12-20(45-31(41)50-33(5,6)7)24-23(19)35(36,27(21)46-24)15-16-37(22)10/h11-13,18,22,25-27,42H,14-17H2,1-10H3/t18-,22+,25?,26+,27-,35-,36+/m0/s1. The molecule has 6 rings (SSSR count). The minimum atomic E-state index is -1.49. The van der Waals surface area contributed by atoms with Crippen LogP contribution in [0, 0.1) is 0 Å². The Labute approximate surface area is 291 Å². The van der Waals surface area contributed by atoms with Crippen molar-refractivity contribution in [2.75, 3.05) is 13.6 Å². The number of hydrogen-bond acceptors (Lipinski definition) is 14. The SMILES string of the molecule is C[C@H](OC(=O)C1OC(C)(C)O[C@H]1C(=O)OC(C)(C)C)C(=O)OC1=CC[C@@]2(O)[C@H]3Cc4ccc(OC(=O)OC(C)(C)C)c5c4[C@@]2(CCN3C)[C@H]1O5. The van der Waals surface area contributed by atoms with Crippen LogP contribution in [-0.4, -0.2) is 101 Å². The van der Waals surface area contributed by atoms with Crippen LogP contribution in [0.4, 0.5) is 4.79 Å². The molecule has 2 fully saturated rings. The van der Waals surface area contributed by atoms with Crippen molar-refractivity contribution in [3.8, 4) is 11.5 Å². The van der Waals surface area contributed by atoms with E-state index in [1.54, 1.807) is 67.5 Å². The third-order valence-electron chi connectivity index (χ3n) is 9.73. The third-order valence-corrected chi connectivity index (χ3v) is 9.73. The highest BCUT2D eigenvalue weighted by molar-refractivity contribution is 5.88. The molecule has 2 saturated heterocycles. The first-order chi connectivity index (χ1) is 23.0. The van der Waals surface area contributed by atoms with Crippen molar-refractivity contribution in [2.24, 2.45) is 0 Å². The third kappa shape index (κ3) is 6.13. The lowest BCUT2D eigenvalue weighted by Crippen LogP contribution is -2.74. The molecule has 0 amide bonds. The summed E-state index contributed by atoms with van der Waals surface area (Å²) in [6, 6.07) is 3.25. The molecule has 1 aromatic rings. The van der Waals surface area contributed by atoms with Gasteiger partial charge in [0.25, 0.3) is 0 Å². The molecule has 14 heteroatoms. The number of esters is 3. The van der Waals surface area contributed by atoms with E-state index in [2.05, 4.69) is 4.90 Å². The molecule has 1 unspecified atom stereocenters. The quantitative estimate of drug-likeness (QED) is 0.260. The van der Waals surface area contributed by atoms with Gasteiger partial charge in [0.05, 0.1) is 11.0 Å². The highest BCUT2D eigenvalue weighted by atomic mass is 16.8. The van der Waals surface area contributed by atoms with E-state index in [1.165, 1.54) is 6.92 Å². The summed E-state index contributed by atoms with van der Waals surface area (Å²) in [7, 11) is 1.97. The number of likely N-dealkylation sites (N-methyl/N-ethyl adjacent to an activating group) is 1. The highest BCUT2D eigenvalue weighted by Crippen LogP contribution is 2.65. The van der Waals surface area contributed by atoms with Crippen LogP contribution in [-0.2, 0) is 54.6 Å². The van der Waals surface area contributed by atoms with Crippen LogP contribution in [0.3, 0.4) is 0 Å². The molecule has 0 saturated carbocycles. The smallest absolute Gasteiger partial charge is 0.477 e. The largest absolute Gasteiger partial charge is 0.514 e. The summed E-state index contributed by atoms with van der Waals surface area (Å²) in [5, 5.41) is 12.5. The topological polar surface area (TPSA) is 166 Å². The number of hydrogen-bond donors (Lipinski definition) is 1. The fraction of sp³-hybridized carbons (Fsp3) is 0.667. The van der Waals surface area contributed by atoms with Crippen LogP contribution in [0.15, 0.2) is 24.0 Å². The van der Waals surface area contributed by atoms with Crippen LogP contribution in [0.5, 0.6) is 11.5 Å². The average molecular weight is 702 g/mol. The number of benzene rings is 1. The molecule has 1 N–H and O–H groups in total. The lowest BCUT2D eigenvalue weighted by Gasteiger charge is -2.61. The van der Waals surface area contributed by atoms with Crippen molar-refractivity contribution in [3.63, 3.8) is 0 Å². The van der Waals surface area contributed by atoms with E-state index >= 15 is 0 Å². The van der Waals surface area contributed by atoms with Gasteiger partial charge in [-0.05, 0) is 106 Å². The average Bonchev–Trinajstić information content (AvgIpc) is 3.50.